The van der Waals surface area contributed by atoms with Gasteiger partial charge < -0.3 is 10.1 Å². The first-order valence-electron chi connectivity index (χ1n) is 9.04. The second-order valence-corrected chi connectivity index (χ2v) is 7.77. The molecule has 1 saturated carbocycles. The molecule has 26 heavy (non-hydrogen) atoms. The lowest BCUT2D eigenvalue weighted by Crippen LogP contribution is -2.32. The van der Waals surface area contributed by atoms with Crippen LogP contribution in [0, 0.1) is 0 Å². The van der Waals surface area contributed by atoms with E-state index in [2.05, 4.69) is 33.0 Å². The molecule has 0 aliphatic heterocycles. The van der Waals surface area contributed by atoms with Crippen molar-refractivity contribution in [2.75, 3.05) is 13.2 Å². The van der Waals surface area contributed by atoms with Crippen LogP contribution in [0.25, 0.3) is 0 Å². The second-order valence-electron chi connectivity index (χ2n) is 6.47. The highest BCUT2D eigenvalue weighted by Gasteiger charge is 2.29. The molecule has 1 aliphatic rings. The summed E-state index contributed by atoms with van der Waals surface area (Å²) < 4.78 is 7.64. The van der Waals surface area contributed by atoms with Crippen molar-refractivity contribution in [2.45, 2.75) is 55.7 Å². The number of aromatic nitrogens is 4. The molecule has 0 spiro atoms. The molecule has 1 aromatic heterocycles. The molecular weight excluding hydrogens is 350 g/mol. The molecule has 0 bridgehead atoms. The number of ether oxygens (including phenoxy) is 1. The van der Waals surface area contributed by atoms with Crippen LogP contribution >= 0.6 is 11.8 Å². The molecular formula is C18H25N5O2S. The van der Waals surface area contributed by atoms with E-state index in [0.29, 0.717) is 19.2 Å². The van der Waals surface area contributed by atoms with Crippen molar-refractivity contribution >= 4 is 17.7 Å². The van der Waals surface area contributed by atoms with E-state index in [9.17, 15) is 4.79 Å². The van der Waals surface area contributed by atoms with Crippen molar-refractivity contribution < 1.29 is 9.53 Å². The van der Waals surface area contributed by atoms with E-state index >= 15 is 0 Å². The monoisotopic (exact) mass is 375 g/mol. The SMILES string of the molecule is CC(Sc1nnnn1C1CC1)C(=O)NCCCOC(C)c1ccccc1. The van der Waals surface area contributed by atoms with Gasteiger partial charge in [0, 0.05) is 13.2 Å². The molecule has 1 aliphatic carbocycles. The first-order valence-corrected chi connectivity index (χ1v) is 9.92. The summed E-state index contributed by atoms with van der Waals surface area (Å²) in [4.78, 5) is 12.2. The maximum atomic E-state index is 12.2. The van der Waals surface area contributed by atoms with Gasteiger partial charge in [0.15, 0.2) is 0 Å². The number of carbonyl (C=O) groups excluding carboxylic acids is 1. The van der Waals surface area contributed by atoms with Gasteiger partial charge in [0.1, 0.15) is 0 Å². The average molecular weight is 375 g/mol. The maximum Gasteiger partial charge on any atom is 0.233 e. The smallest absolute Gasteiger partial charge is 0.233 e. The molecule has 140 valence electrons. The molecule has 2 aromatic rings. The summed E-state index contributed by atoms with van der Waals surface area (Å²) in [5.74, 6) is -0.00328. The van der Waals surface area contributed by atoms with E-state index in [-0.39, 0.29) is 17.3 Å². The third kappa shape index (κ3) is 5.28. The minimum absolute atomic E-state index is 0.00328. The summed E-state index contributed by atoms with van der Waals surface area (Å²) in [5.41, 5.74) is 1.16. The number of nitrogens with zero attached hydrogens (tertiary/aromatic N) is 4. The predicted octanol–water partition coefficient (Wildman–Crippen LogP) is 2.77. The van der Waals surface area contributed by atoms with Gasteiger partial charge in [-0.3, -0.25) is 4.79 Å². The van der Waals surface area contributed by atoms with Crippen molar-refractivity contribution in [3.63, 3.8) is 0 Å². The van der Waals surface area contributed by atoms with Gasteiger partial charge in [0.05, 0.1) is 17.4 Å². The van der Waals surface area contributed by atoms with Crippen LogP contribution in [0.1, 0.15) is 50.8 Å². The standard InChI is InChI=1S/C18H25N5O2S/c1-13(15-7-4-3-5-8-15)25-12-6-11-19-17(24)14(2)26-18-20-21-22-23(18)16-9-10-16/h3-5,7-8,13-14,16H,6,9-12H2,1-2H3,(H,19,24). The van der Waals surface area contributed by atoms with Crippen LogP contribution in [0.3, 0.4) is 0 Å². The lowest BCUT2D eigenvalue weighted by atomic mass is 10.1. The zero-order valence-corrected chi connectivity index (χ0v) is 16.0. The van der Waals surface area contributed by atoms with Crippen LogP contribution in [0.2, 0.25) is 0 Å². The first kappa shape index (κ1) is 18.8. The summed E-state index contributed by atoms with van der Waals surface area (Å²) in [5, 5.41) is 15.2. The van der Waals surface area contributed by atoms with Crippen molar-refractivity contribution in [1.82, 2.24) is 25.5 Å². The fraction of sp³-hybridized carbons (Fsp3) is 0.556. The van der Waals surface area contributed by atoms with Crippen molar-refractivity contribution in [2.24, 2.45) is 0 Å². The Balaban J connectivity index is 1.33. The van der Waals surface area contributed by atoms with Crippen LogP contribution in [0.5, 0.6) is 0 Å². The van der Waals surface area contributed by atoms with E-state index in [1.165, 1.54) is 11.8 Å². The summed E-state index contributed by atoms with van der Waals surface area (Å²) >= 11 is 1.40. The van der Waals surface area contributed by atoms with E-state index in [1.807, 2.05) is 36.7 Å². The van der Waals surface area contributed by atoms with E-state index in [0.717, 1.165) is 30.0 Å². The van der Waals surface area contributed by atoms with Gasteiger partial charge in [0.2, 0.25) is 11.1 Å². The molecule has 1 fully saturated rings. The Morgan fingerprint density at radius 3 is 2.85 bits per heavy atom. The molecule has 7 nitrogen and oxygen atoms in total. The van der Waals surface area contributed by atoms with Gasteiger partial charge >= 0.3 is 0 Å². The zero-order valence-electron chi connectivity index (χ0n) is 15.2. The number of tetrazole rings is 1. The third-order valence-electron chi connectivity index (χ3n) is 4.26. The lowest BCUT2D eigenvalue weighted by Gasteiger charge is -2.14. The minimum atomic E-state index is -0.234. The number of hydrogen-bond acceptors (Lipinski definition) is 6. The van der Waals surface area contributed by atoms with Crippen molar-refractivity contribution in [3.8, 4) is 0 Å². The van der Waals surface area contributed by atoms with E-state index in [1.54, 1.807) is 0 Å². The molecule has 1 aromatic carbocycles. The minimum Gasteiger partial charge on any atom is -0.374 e. The molecule has 1 amide bonds. The number of amides is 1. The predicted molar refractivity (Wildman–Crippen MR) is 99.8 cm³/mol. The summed E-state index contributed by atoms with van der Waals surface area (Å²) in [6.07, 6.45) is 3.06. The van der Waals surface area contributed by atoms with E-state index in [4.69, 9.17) is 4.74 Å². The number of carbonyl (C=O) groups is 1. The Kier molecular flexibility index (Phi) is 6.62. The van der Waals surface area contributed by atoms with Gasteiger partial charge in [-0.2, -0.15) is 0 Å². The second kappa shape index (κ2) is 9.14. The fourth-order valence-corrected chi connectivity index (χ4v) is 3.41. The van der Waals surface area contributed by atoms with Gasteiger partial charge in [-0.25, -0.2) is 4.68 Å². The number of hydrogen-bond donors (Lipinski definition) is 1. The maximum absolute atomic E-state index is 12.2. The number of benzene rings is 1. The highest BCUT2D eigenvalue weighted by atomic mass is 32.2. The highest BCUT2D eigenvalue weighted by molar-refractivity contribution is 8.00. The highest BCUT2D eigenvalue weighted by Crippen LogP contribution is 2.37. The Hall–Kier alpha value is -1.93. The Labute approximate surface area is 157 Å². The average Bonchev–Trinajstić information content (AvgIpc) is 3.41. The number of rotatable bonds is 10. The Bertz CT molecular complexity index is 705. The van der Waals surface area contributed by atoms with Gasteiger partial charge in [-0.05, 0) is 49.1 Å². The number of nitrogens with one attached hydrogen (secondary N) is 1. The molecule has 2 unspecified atom stereocenters. The van der Waals surface area contributed by atoms with Crippen LogP contribution in [-0.2, 0) is 9.53 Å². The van der Waals surface area contributed by atoms with Crippen molar-refractivity contribution in [3.05, 3.63) is 35.9 Å². The molecule has 1 heterocycles. The first-order chi connectivity index (χ1) is 12.6. The van der Waals surface area contributed by atoms with Gasteiger partial charge in [-0.15, -0.1) is 5.10 Å². The molecule has 3 rings (SSSR count). The molecule has 1 N–H and O–H groups in total. The van der Waals surface area contributed by atoms with Crippen LogP contribution < -0.4 is 5.32 Å². The Morgan fingerprint density at radius 2 is 2.12 bits per heavy atom. The fourth-order valence-electron chi connectivity index (χ4n) is 2.53. The Morgan fingerprint density at radius 1 is 1.35 bits per heavy atom. The normalized spacial score (nSPS) is 16.2. The third-order valence-corrected chi connectivity index (χ3v) is 5.31. The van der Waals surface area contributed by atoms with Crippen LogP contribution in [-0.4, -0.2) is 44.5 Å². The quantitative estimate of drug-likeness (QED) is 0.508. The van der Waals surface area contributed by atoms with Gasteiger partial charge in [0.25, 0.3) is 0 Å². The molecule has 8 heteroatoms. The van der Waals surface area contributed by atoms with Crippen LogP contribution in [0.4, 0.5) is 0 Å². The largest absolute Gasteiger partial charge is 0.374 e. The van der Waals surface area contributed by atoms with Crippen molar-refractivity contribution in [1.29, 1.82) is 0 Å². The summed E-state index contributed by atoms with van der Waals surface area (Å²) in [6, 6.07) is 10.5. The molecule has 2 atom stereocenters. The van der Waals surface area contributed by atoms with Crippen LogP contribution in [0.15, 0.2) is 35.5 Å². The summed E-state index contributed by atoms with van der Waals surface area (Å²) in [7, 11) is 0. The lowest BCUT2D eigenvalue weighted by molar-refractivity contribution is -0.120. The molecule has 0 radical (unpaired) electrons. The van der Waals surface area contributed by atoms with E-state index < -0.39 is 0 Å². The molecule has 0 saturated heterocycles. The number of thioether (sulfide) groups is 1. The zero-order chi connectivity index (χ0) is 18.4. The van der Waals surface area contributed by atoms with Gasteiger partial charge in [-0.1, -0.05) is 42.1 Å². The summed E-state index contributed by atoms with van der Waals surface area (Å²) in [6.45, 7) is 5.12. The topological polar surface area (TPSA) is 81.9 Å².